The monoisotopic (exact) mass is 355 g/mol. The minimum atomic E-state index is 0.255. The van der Waals surface area contributed by atoms with Crippen LogP contribution in [0.25, 0.3) is 0 Å². The Labute approximate surface area is 156 Å². The maximum atomic E-state index is 12.5. The number of likely N-dealkylation sites (tertiary alicyclic amines) is 2. The normalized spacial score (nSPS) is 20.1. The molecular weight excluding hydrogens is 326 g/mol. The summed E-state index contributed by atoms with van der Waals surface area (Å²) in [5, 5.41) is 8.84. The fourth-order valence-electron chi connectivity index (χ4n) is 4.11. The van der Waals surface area contributed by atoms with E-state index in [1.54, 1.807) is 0 Å². The van der Waals surface area contributed by atoms with Crippen molar-refractivity contribution < 1.29 is 9.53 Å². The lowest BCUT2D eigenvalue weighted by Crippen LogP contribution is -2.49. The highest BCUT2D eigenvalue weighted by Crippen LogP contribution is 2.22. The summed E-state index contributed by atoms with van der Waals surface area (Å²) in [5.41, 5.74) is 1.78. The fraction of sp³-hybridized carbons (Fsp3) is 0.619. The number of nitriles is 1. The summed E-state index contributed by atoms with van der Waals surface area (Å²) in [4.78, 5) is 17.1. The van der Waals surface area contributed by atoms with Gasteiger partial charge in [-0.3, -0.25) is 4.79 Å². The summed E-state index contributed by atoms with van der Waals surface area (Å²) in [6.45, 7) is 3.99. The molecular formula is C21H29N3O2. The first-order valence-electron chi connectivity index (χ1n) is 9.73. The largest absolute Gasteiger partial charge is 0.381 e. The average Bonchev–Trinajstić information content (AvgIpc) is 2.72. The molecule has 0 unspecified atom stereocenters. The highest BCUT2D eigenvalue weighted by molar-refractivity contribution is 5.76. The first kappa shape index (κ1) is 18.9. The maximum absolute atomic E-state index is 12.5. The number of nitrogens with zero attached hydrogens (tertiary/aromatic N) is 3. The smallest absolute Gasteiger partial charge is 0.222 e. The van der Waals surface area contributed by atoms with Crippen molar-refractivity contribution in [3.8, 4) is 6.07 Å². The summed E-state index contributed by atoms with van der Waals surface area (Å²) in [6, 6.07) is 10.3. The van der Waals surface area contributed by atoms with Crippen LogP contribution in [0.4, 0.5) is 0 Å². The average molecular weight is 355 g/mol. The zero-order chi connectivity index (χ0) is 18.4. The summed E-state index contributed by atoms with van der Waals surface area (Å²) >= 11 is 0. The van der Waals surface area contributed by atoms with Crippen molar-refractivity contribution in [2.45, 2.75) is 50.7 Å². The third kappa shape index (κ3) is 4.84. The van der Waals surface area contributed by atoms with Gasteiger partial charge in [-0.25, -0.2) is 0 Å². The number of methoxy groups -OCH3 is 1. The molecule has 2 saturated heterocycles. The van der Waals surface area contributed by atoms with Gasteiger partial charge in [-0.15, -0.1) is 0 Å². The van der Waals surface area contributed by atoms with Crippen LogP contribution in [0.5, 0.6) is 0 Å². The standard InChI is InChI=1S/C21H29N3O2/c1-26-20-10-14-23(15-11-20)19-8-12-24(13-9-19)21(25)7-6-17-2-4-18(16-22)5-3-17/h2-5,19-20H,6-15H2,1H3. The Balaban J connectivity index is 1.40. The van der Waals surface area contributed by atoms with Gasteiger partial charge in [0.25, 0.3) is 0 Å². The number of ether oxygens (including phenoxy) is 1. The molecule has 5 heteroatoms. The van der Waals surface area contributed by atoms with Crippen LogP contribution in [0.1, 0.15) is 43.2 Å². The highest BCUT2D eigenvalue weighted by atomic mass is 16.5. The van der Waals surface area contributed by atoms with Crippen molar-refractivity contribution in [2.24, 2.45) is 0 Å². The van der Waals surface area contributed by atoms with Crippen LogP contribution in [0.15, 0.2) is 24.3 Å². The predicted octanol–water partition coefficient (Wildman–Crippen LogP) is 2.59. The molecule has 0 aliphatic carbocycles. The van der Waals surface area contributed by atoms with Crippen LogP contribution in [0.2, 0.25) is 0 Å². The molecule has 2 aliphatic rings. The molecule has 3 rings (SSSR count). The molecule has 1 aromatic carbocycles. The van der Waals surface area contributed by atoms with Crippen molar-refractivity contribution in [2.75, 3.05) is 33.3 Å². The summed E-state index contributed by atoms with van der Waals surface area (Å²) < 4.78 is 5.46. The molecule has 2 heterocycles. The molecule has 0 bridgehead atoms. The number of carbonyl (C=O) groups excluding carboxylic acids is 1. The van der Waals surface area contributed by atoms with E-state index in [0.29, 0.717) is 24.1 Å². The number of carbonyl (C=O) groups is 1. The van der Waals surface area contributed by atoms with Gasteiger partial charge in [0, 0.05) is 45.8 Å². The van der Waals surface area contributed by atoms with E-state index >= 15 is 0 Å². The van der Waals surface area contributed by atoms with Gasteiger partial charge >= 0.3 is 0 Å². The van der Waals surface area contributed by atoms with Crippen LogP contribution < -0.4 is 0 Å². The molecule has 0 radical (unpaired) electrons. The Morgan fingerprint density at radius 3 is 2.35 bits per heavy atom. The van der Waals surface area contributed by atoms with E-state index < -0.39 is 0 Å². The van der Waals surface area contributed by atoms with E-state index in [2.05, 4.69) is 11.0 Å². The van der Waals surface area contributed by atoms with Crippen LogP contribution in [-0.2, 0) is 16.0 Å². The molecule has 0 aromatic heterocycles. The highest BCUT2D eigenvalue weighted by Gasteiger charge is 2.29. The SMILES string of the molecule is COC1CCN(C2CCN(C(=O)CCc3ccc(C#N)cc3)CC2)CC1. The second-order valence-electron chi connectivity index (χ2n) is 7.39. The lowest BCUT2D eigenvalue weighted by molar-refractivity contribution is -0.132. The van der Waals surface area contributed by atoms with Gasteiger partial charge in [0.2, 0.25) is 5.91 Å². The minimum Gasteiger partial charge on any atom is -0.381 e. The van der Waals surface area contributed by atoms with Crippen LogP contribution in [-0.4, -0.2) is 61.1 Å². The molecule has 5 nitrogen and oxygen atoms in total. The lowest BCUT2D eigenvalue weighted by atomic mass is 9.98. The molecule has 140 valence electrons. The molecule has 2 aliphatic heterocycles. The van der Waals surface area contributed by atoms with E-state index in [9.17, 15) is 4.79 Å². The number of piperidine rings is 2. The molecule has 0 N–H and O–H groups in total. The number of benzene rings is 1. The van der Waals surface area contributed by atoms with Crippen LogP contribution >= 0.6 is 0 Å². The van der Waals surface area contributed by atoms with Crippen molar-refractivity contribution in [1.29, 1.82) is 5.26 Å². The summed E-state index contributed by atoms with van der Waals surface area (Å²) in [5.74, 6) is 0.255. The fourth-order valence-corrected chi connectivity index (χ4v) is 4.11. The molecule has 0 saturated carbocycles. The van der Waals surface area contributed by atoms with Gasteiger partial charge in [0.05, 0.1) is 17.7 Å². The summed E-state index contributed by atoms with van der Waals surface area (Å²) in [7, 11) is 1.81. The molecule has 0 spiro atoms. The van der Waals surface area contributed by atoms with Crippen LogP contribution in [0, 0.1) is 11.3 Å². The van der Waals surface area contributed by atoms with Gasteiger partial charge in [-0.1, -0.05) is 12.1 Å². The number of amides is 1. The number of rotatable bonds is 5. The Morgan fingerprint density at radius 2 is 1.77 bits per heavy atom. The zero-order valence-corrected chi connectivity index (χ0v) is 15.7. The van der Waals surface area contributed by atoms with Crippen molar-refractivity contribution >= 4 is 5.91 Å². The predicted molar refractivity (Wildman–Crippen MR) is 101 cm³/mol. The lowest BCUT2D eigenvalue weighted by Gasteiger charge is -2.41. The van der Waals surface area contributed by atoms with E-state index in [1.165, 1.54) is 0 Å². The van der Waals surface area contributed by atoms with E-state index in [1.807, 2.05) is 36.3 Å². The third-order valence-corrected chi connectivity index (χ3v) is 5.85. The van der Waals surface area contributed by atoms with E-state index in [4.69, 9.17) is 10.00 Å². The van der Waals surface area contributed by atoms with E-state index in [-0.39, 0.29) is 5.91 Å². The minimum absolute atomic E-state index is 0.255. The number of hydrogen-bond donors (Lipinski definition) is 0. The van der Waals surface area contributed by atoms with Crippen molar-refractivity contribution in [3.63, 3.8) is 0 Å². The number of hydrogen-bond acceptors (Lipinski definition) is 4. The Bertz CT molecular complexity index is 622. The molecule has 0 atom stereocenters. The summed E-state index contributed by atoms with van der Waals surface area (Å²) in [6.07, 6.45) is 6.14. The Hall–Kier alpha value is -1.90. The van der Waals surface area contributed by atoms with Crippen molar-refractivity contribution in [3.05, 3.63) is 35.4 Å². The van der Waals surface area contributed by atoms with Crippen LogP contribution in [0.3, 0.4) is 0 Å². The Kier molecular flexibility index (Phi) is 6.65. The van der Waals surface area contributed by atoms with Gasteiger partial charge in [0.1, 0.15) is 0 Å². The second kappa shape index (κ2) is 9.16. The topological polar surface area (TPSA) is 56.6 Å². The third-order valence-electron chi connectivity index (χ3n) is 5.85. The maximum Gasteiger partial charge on any atom is 0.222 e. The van der Waals surface area contributed by atoms with Gasteiger partial charge in [-0.2, -0.15) is 5.26 Å². The first-order chi connectivity index (χ1) is 12.7. The second-order valence-corrected chi connectivity index (χ2v) is 7.39. The number of aryl methyl sites for hydroxylation is 1. The molecule has 1 aromatic rings. The van der Waals surface area contributed by atoms with Crippen molar-refractivity contribution in [1.82, 2.24) is 9.80 Å². The molecule has 2 fully saturated rings. The van der Waals surface area contributed by atoms with Gasteiger partial charge in [-0.05, 0) is 49.8 Å². The van der Waals surface area contributed by atoms with E-state index in [0.717, 1.165) is 63.8 Å². The Morgan fingerprint density at radius 1 is 1.12 bits per heavy atom. The molecule has 26 heavy (non-hydrogen) atoms. The van der Waals surface area contributed by atoms with Gasteiger partial charge in [0.15, 0.2) is 0 Å². The van der Waals surface area contributed by atoms with Gasteiger partial charge < -0.3 is 14.5 Å². The molecule has 1 amide bonds. The quantitative estimate of drug-likeness (QED) is 0.815. The first-order valence-corrected chi connectivity index (χ1v) is 9.73. The zero-order valence-electron chi connectivity index (χ0n) is 15.7.